The van der Waals surface area contributed by atoms with E-state index >= 15 is 0 Å². The largest absolute Gasteiger partial charge is 0.496 e. The summed E-state index contributed by atoms with van der Waals surface area (Å²) in [6.45, 7) is 10.7. The Morgan fingerprint density at radius 3 is 2.16 bits per heavy atom. The number of nitrogens with zero attached hydrogens (tertiary/aromatic N) is 2. The molecule has 0 bridgehead atoms. The first-order valence-corrected chi connectivity index (χ1v) is 12.0. The van der Waals surface area contributed by atoms with Gasteiger partial charge in [-0.1, -0.05) is 75.7 Å². The molecule has 3 heteroatoms. The third-order valence-electron chi connectivity index (χ3n) is 6.35. The van der Waals surface area contributed by atoms with Crippen molar-refractivity contribution in [1.82, 2.24) is 9.88 Å². The summed E-state index contributed by atoms with van der Waals surface area (Å²) < 4.78 is 5.88. The van der Waals surface area contributed by atoms with Crippen molar-refractivity contribution >= 4 is 0 Å². The van der Waals surface area contributed by atoms with Gasteiger partial charge in [0.05, 0.1) is 12.8 Å². The van der Waals surface area contributed by atoms with Gasteiger partial charge in [-0.3, -0.25) is 9.88 Å². The van der Waals surface area contributed by atoms with E-state index in [0.717, 1.165) is 42.9 Å². The molecule has 1 heterocycles. The summed E-state index contributed by atoms with van der Waals surface area (Å²) in [5.74, 6) is 0.921. The Morgan fingerprint density at radius 1 is 0.875 bits per heavy atom. The van der Waals surface area contributed by atoms with E-state index < -0.39 is 0 Å². The van der Waals surface area contributed by atoms with Gasteiger partial charge in [0.1, 0.15) is 5.75 Å². The number of aryl methyl sites for hydroxylation is 2. The smallest absolute Gasteiger partial charge is 0.127 e. The van der Waals surface area contributed by atoms with Crippen LogP contribution in [-0.4, -0.2) is 23.0 Å². The fourth-order valence-electron chi connectivity index (χ4n) is 4.49. The molecule has 0 N–H and O–H groups in total. The van der Waals surface area contributed by atoms with E-state index in [1.807, 2.05) is 6.20 Å². The summed E-state index contributed by atoms with van der Waals surface area (Å²) in [6.07, 6.45) is 6.36. The molecule has 2 aromatic carbocycles. The number of benzene rings is 2. The number of hydrogen-bond acceptors (Lipinski definition) is 3. The van der Waals surface area contributed by atoms with Crippen LogP contribution < -0.4 is 4.74 Å². The van der Waals surface area contributed by atoms with Crippen LogP contribution in [0.1, 0.15) is 62.8 Å². The van der Waals surface area contributed by atoms with Crippen LogP contribution in [0.15, 0.2) is 60.8 Å². The Kier molecular flexibility index (Phi) is 8.87. The second-order valence-corrected chi connectivity index (χ2v) is 8.57. The molecule has 3 aromatic rings. The second kappa shape index (κ2) is 11.8. The molecule has 0 aliphatic carbocycles. The Balaban J connectivity index is 1.94. The van der Waals surface area contributed by atoms with E-state index in [1.54, 1.807) is 7.11 Å². The van der Waals surface area contributed by atoms with Gasteiger partial charge in [0.25, 0.3) is 0 Å². The van der Waals surface area contributed by atoms with Crippen LogP contribution in [0.25, 0.3) is 11.3 Å². The zero-order chi connectivity index (χ0) is 22.9. The Bertz CT molecular complexity index is 961. The number of methoxy groups -OCH3 is 1. The van der Waals surface area contributed by atoms with Gasteiger partial charge >= 0.3 is 0 Å². The summed E-state index contributed by atoms with van der Waals surface area (Å²) in [6, 6.07) is 19.9. The first-order chi connectivity index (χ1) is 15.6. The van der Waals surface area contributed by atoms with E-state index in [1.165, 1.54) is 35.1 Å². The lowest BCUT2D eigenvalue weighted by Gasteiger charge is -2.30. The molecule has 0 fully saturated rings. The normalized spacial score (nSPS) is 12.2. The molecule has 3 nitrogen and oxygen atoms in total. The average molecular weight is 431 g/mol. The lowest BCUT2D eigenvalue weighted by atomic mass is 9.94. The molecule has 0 aliphatic rings. The van der Waals surface area contributed by atoms with Gasteiger partial charge in [-0.25, -0.2) is 0 Å². The van der Waals surface area contributed by atoms with E-state index in [2.05, 4.69) is 87.2 Å². The second-order valence-electron chi connectivity index (χ2n) is 8.57. The Hall–Kier alpha value is -2.65. The first-order valence-electron chi connectivity index (χ1n) is 12.0. The van der Waals surface area contributed by atoms with Crippen molar-refractivity contribution in [3.05, 3.63) is 83.0 Å². The van der Waals surface area contributed by atoms with Gasteiger partial charge in [0, 0.05) is 42.5 Å². The highest BCUT2D eigenvalue weighted by Gasteiger charge is 2.18. The standard InChI is InChI=1S/C29H38N2O/c1-6-13-22(4)31(20-23-14-10-9-11-15-23)21-26-19-30-27(18-28(26)32-5)29-24(7-2)16-12-17-25(29)8-3/h9-12,14-19,22H,6-8,13,20-21H2,1-5H3. The predicted molar refractivity (Wildman–Crippen MR) is 135 cm³/mol. The van der Waals surface area contributed by atoms with E-state index in [9.17, 15) is 0 Å². The van der Waals surface area contributed by atoms with Crippen LogP contribution in [0.2, 0.25) is 0 Å². The molecule has 0 radical (unpaired) electrons. The number of ether oxygens (including phenoxy) is 1. The Labute approximate surface area is 194 Å². The maximum atomic E-state index is 5.88. The summed E-state index contributed by atoms with van der Waals surface area (Å²) in [4.78, 5) is 7.47. The molecule has 0 aliphatic heterocycles. The van der Waals surface area contributed by atoms with Gasteiger partial charge in [-0.2, -0.15) is 0 Å². The SMILES string of the molecule is CCCC(C)N(Cc1ccccc1)Cc1cnc(-c2c(CC)cccc2CC)cc1OC. The van der Waals surface area contributed by atoms with Gasteiger partial charge in [0.2, 0.25) is 0 Å². The van der Waals surface area contributed by atoms with Crippen molar-refractivity contribution in [3.8, 4) is 17.0 Å². The first kappa shape index (κ1) is 24.0. The molecule has 3 rings (SSSR count). The minimum absolute atomic E-state index is 0.483. The van der Waals surface area contributed by atoms with Crippen LogP contribution in [0.5, 0.6) is 5.75 Å². The lowest BCUT2D eigenvalue weighted by Crippen LogP contribution is -2.32. The monoisotopic (exact) mass is 430 g/mol. The van der Waals surface area contributed by atoms with Gasteiger partial charge in [-0.15, -0.1) is 0 Å². The Morgan fingerprint density at radius 2 is 1.56 bits per heavy atom. The van der Waals surface area contributed by atoms with Crippen LogP contribution in [-0.2, 0) is 25.9 Å². The third kappa shape index (κ3) is 5.77. The number of hydrogen-bond donors (Lipinski definition) is 0. The van der Waals surface area contributed by atoms with Crippen LogP contribution in [0, 0.1) is 0 Å². The molecule has 32 heavy (non-hydrogen) atoms. The molecule has 0 amide bonds. The summed E-state index contributed by atoms with van der Waals surface area (Å²) in [5.41, 5.74) is 7.44. The maximum Gasteiger partial charge on any atom is 0.127 e. The van der Waals surface area contributed by atoms with Gasteiger partial charge < -0.3 is 4.74 Å². The van der Waals surface area contributed by atoms with Crippen molar-refractivity contribution in [2.24, 2.45) is 0 Å². The molecular formula is C29H38N2O. The third-order valence-corrected chi connectivity index (χ3v) is 6.35. The molecule has 0 spiro atoms. The molecule has 1 atom stereocenters. The molecule has 0 saturated carbocycles. The molecule has 0 saturated heterocycles. The number of aromatic nitrogens is 1. The maximum absolute atomic E-state index is 5.88. The molecule has 1 aromatic heterocycles. The quantitative estimate of drug-likeness (QED) is 0.325. The van der Waals surface area contributed by atoms with Gasteiger partial charge in [-0.05, 0) is 42.9 Å². The minimum Gasteiger partial charge on any atom is -0.496 e. The molecule has 170 valence electrons. The van der Waals surface area contributed by atoms with E-state index in [0.29, 0.717) is 6.04 Å². The number of pyridine rings is 1. The highest BCUT2D eigenvalue weighted by Crippen LogP contribution is 2.32. The fraction of sp³-hybridized carbons (Fsp3) is 0.414. The average Bonchev–Trinajstić information content (AvgIpc) is 2.84. The van der Waals surface area contributed by atoms with E-state index in [4.69, 9.17) is 9.72 Å². The lowest BCUT2D eigenvalue weighted by molar-refractivity contribution is 0.178. The van der Waals surface area contributed by atoms with Crippen LogP contribution in [0.4, 0.5) is 0 Å². The number of rotatable bonds is 11. The van der Waals surface area contributed by atoms with Crippen molar-refractivity contribution in [2.75, 3.05) is 7.11 Å². The minimum atomic E-state index is 0.483. The van der Waals surface area contributed by atoms with Crippen molar-refractivity contribution in [1.29, 1.82) is 0 Å². The van der Waals surface area contributed by atoms with Gasteiger partial charge in [0.15, 0.2) is 0 Å². The molecular weight excluding hydrogens is 392 g/mol. The van der Waals surface area contributed by atoms with Crippen LogP contribution in [0.3, 0.4) is 0 Å². The van der Waals surface area contributed by atoms with Crippen molar-refractivity contribution < 1.29 is 4.74 Å². The summed E-state index contributed by atoms with van der Waals surface area (Å²) >= 11 is 0. The highest BCUT2D eigenvalue weighted by atomic mass is 16.5. The summed E-state index contributed by atoms with van der Waals surface area (Å²) in [7, 11) is 1.77. The fourth-order valence-corrected chi connectivity index (χ4v) is 4.49. The molecule has 1 unspecified atom stereocenters. The van der Waals surface area contributed by atoms with Crippen molar-refractivity contribution in [3.63, 3.8) is 0 Å². The van der Waals surface area contributed by atoms with E-state index in [-0.39, 0.29) is 0 Å². The zero-order valence-electron chi connectivity index (χ0n) is 20.4. The predicted octanol–water partition coefficient (Wildman–Crippen LogP) is 7.07. The zero-order valence-corrected chi connectivity index (χ0v) is 20.4. The van der Waals surface area contributed by atoms with Crippen molar-refractivity contribution in [2.45, 2.75) is 72.5 Å². The summed E-state index contributed by atoms with van der Waals surface area (Å²) in [5, 5.41) is 0. The van der Waals surface area contributed by atoms with Crippen LogP contribution >= 0.6 is 0 Å². The topological polar surface area (TPSA) is 25.4 Å². The highest BCUT2D eigenvalue weighted by molar-refractivity contribution is 5.69.